The summed E-state index contributed by atoms with van der Waals surface area (Å²) in [6, 6.07) is 23.9. The number of hydrogen-bond acceptors (Lipinski definition) is 6. The lowest BCUT2D eigenvalue weighted by atomic mass is 9.99. The molecular formula is C31H30N4O4S. The van der Waals surface area contributed by atoms with Crippen LogP contribution in [0.4, 0.5) is 5.82 Å². The lowest BCUT2D eigenvalue weighted by Crippen LogP contribution is -2.42. The first-order chi connectivity index (χ1) is 19.5. The molecule has 0 spiro atoms. The first kappa shape index (κ1) is 26.0. The molecule has 3 aromatic carbocycles. The summed E-state index contributed by atoms with van der Waals surface area (Å²) in [5.74, 6) is 1.84. The summed E-state index contributed by atoms with van der Waals surface area (Å²) in [5, 5.41) is 7.81. The van der Waals surface area contributed by atoms with Crippen LogP contribution in [0.2, 0.25) is 0 Å². The Morgan fingerprint density at radius 2 is 1.82 bits per heavy atom. The lowest BCUT2D eigenvalue weighted by Gasteiger charge is -2.23. The zero-order chi connectivity index (χ0) is 27.6. The van der Waals surface area contributed by atoms with E-state index in [2.05, 4.69) is 5.32 Å². The molecule has 0 bridgehead atoms. The number of carbonyl (C=O) groups excluding carboxylic acids is 2. The maximum Gasteiger partial charge on any atom is 0.240 e. The van der Waals surface area contributed by atoms with Gasteiger partial charge >= 0.3 is 0 Å². The number of nitrogens with zero attached hydrogens (tertiary/aromatic N) is 3. The maximum atomic E-state index is 13.8. The zero-order valence-corrected chi connectivity index (χ0v) is 23.2. The van der Waals surface area contributed by atoms with Crippen molar-refractivity contribution in [3.63, 3.8) is 0 Å². The normalized spacial score (nSPS) is 16.0. The molecule has 6 rings (SSSR count). The molecule has 0 radical (unpaired) electrons. The average Bonchev–Trinajstić information content (AvgIpc) is 3.57. The second-order valence-electron chi connectivity index (χ2n) is 9.83. The van der Waals surface area contributed by atoms with Crippen LogP contribution in [0.15, 0.2) is 72.8 Å². The van der Waals surface area contributed by atoms with Crippen molar-refractivity contribution in [3.8, 4) is 28.4 Å². The summed E-state index contributed by atoms with van der Waals surface area (Å²) in [6.45, 7) is 4.67. The summed E-state index contributed by atoms with van der Waals surface area (Å²) in [5.41, 5.74) is 5.48. The van der Waals surface area contributed by atoms with Crippen molar-refractivity contribution in [1.82, 2.24) is 15.1 Å². The van der Waals surface area contributed by atoms with E-state index in [0.717, 1.165) is 40.1 Å². The SMILES string of the molecule is CCCNC(=O)CN1C(=O)CS[C@@H](c2ccc3c(c2)OCO3)c2c(-c3ccccc3)nn(-c3ccc(C)cc3)c21. The minimum Gasteiger partial charge on any atom is -0.454 e. The van der Waals surface area contributed by atoms with Gasteiger partial charge in [0.15, 0.2) is 11.5 Å². The van der Waals surface area contributed by atoms with E-state index in [1.54, 1.807) is 4.90 Å². The second kappa shape index (κ2) is 11.1. The van der Waals surface area contributed by atoms with Crippen molar-refractivity contribution in [2.45, 2.75) is 25.5 Å². The van der Waals surface area contributed by atoms with Crippen molar-refractivity contribution in [2.24, 2.45) is 0 Å². The summed E-state index contributed by atoms with van der Waals surface area (Å²) in [7, 11) is 0. The van der Waals surface area contributed by atoms with Crippen molar-refractivity contribution < 1.29 is 19.1 Å². The first-order valence-electron chi connectivity index (χ1n) is 13.4. The third-order valence-electron chi connectivity index (χ3n) is 6.99. The van der Waals surface area contributed by atoms with Crippen LogP contribution in [0.25, 0.3) is 16.9 Å². The fraction of sp³-hybridized carbons (Fsp3) is 0.258. The molecule has 0 saturated carbocycles. The number of anilines is 1. The molecule has 2 aliphatic heterocycles. The second-order valence-corrected chi connectivity index (χ2v) is 10.9. The zero-order valence-electron chi connectivity index (χ0n) is 22.4. The van der Waals surface area contributed by atoms with Gasteiger partial charge in [-0.2, -0.15) is 5.10 Å². The summed E-state index contributed by atoms with van der Waals surface area (Å²) < 4.78 is 13.1. The van der Waals surface area contributed by atoms with E-state index < -0.39 is 0 Å². The molecule has 8 nitrogen and oxygen atoms in total. The van der Waals surface area contributed by atoms with Crippen LogP contribution in [0, 0.1) is 6.92 Å². The number of aryl methyl sites for hydroxylation is 1. The maximum absolute atomic E-state index is 13.8. The van der Waals surface area contributed by atoms with Crippen molar-refractivity contribution >= 4 is 29.4 Å². The van der Waals surface area contributed by atoms with Gasteiger partial charge in [0, 0.05) is 17.7 Å². The van der Waals surface area contributed by atoms with Gasteiger partial charge in [-0.15, -0.1) is 11.8 Å². The molecular weight excluding hydrogens is 524 g/mol. The summed E-state index contributed by atoms with van der Waals surface area (Å²) in [4.78, 5) is 28.4. The molecule has 1 atom stereocenters. The highest BCUT2D eigenvalue weighted by molar-refractivity contribution is 8.00. The largest absolute Gasteiger partial charge is 0.454 e. The Hall–Kier alpha value is -4.24. The van der Waals surface area contributed by atoms with Crippen molar-refractivity contribution in [3.05, 3.63) is 89.5 Å². The van der Waals surface area contributed by atoms with E-state index in [0.29, 0.717) is 23.9 Å². The molecule has 9 heteroatoms. The highest BCUT2D eigenvalue weighted by atomic mass is 32.2. The number of aromatic nitrogens is 2. The van der Waals surface area contributed by atoms with Crippen molar-refractivity contribution in [1.29, 1.82) is 0 Å². The number of thioether (sulfide) groups is 1. The molecule has 1 N–H and O–H groups in total. The van der Waals surface area contributed by atoms with Crippen molar-refractivity contribution in [2.75, 3.05) is 30.5 Å². The Bertz CT molecular complexity index is 1550. The van der Waals surface area contributed by atoms with Gasteiger partial charge in [0.25, 0.3) is 0 Å². The molecule has 4 aromatic rings. The van der Waals surface area contributed by atoms with Gasteiger partial charge in [0.2, 0.25) is 18.6 Å². The topological polar surface area (TPSA) is 85.7 Å². The first-order valence-corrected chi connectivity index (χ1v) is 14.4. The smallest absolute Gasteiger partial charge is 0.240 e. The molecule has 0 unspecified atom stereocenters. The highest BCUT2D eigenvalue weighted by Crippen LogP contribution is 2.50. The molecule has 2 amide bonds. The third-order valence-corrected chi connectivity index (χ3v) is 8.24. The monoisotopic (exact) mass is 554 g/mol. The van der Waals surface area contributed by atoms with Crippen LogP contribution in [-0.2, 0) is 9.59 Å². The van der Waals surface area contributed by atoms with Crippen LogP contribution in [-0.4, -0.2) is 47.2 Å². The molecule has 204 valence electrons. The van der Waals surface area contributed by atoms with Crippen LogP contribution in [0.1, 0.15) is 35.3 Å². The molecule has 0 aliphatic carbocycles. The lowest BCUT2D eigenvalue weighted by molar-refractivity contribution is -0.122. The minimum atomic E-state index is -0.244. The fourth-order valence-corrected chi connectivity index (χ4v) is 6.19. The van der Waals surface area contributed by atoms with Crippen LogP contribution < -0.4 is 19.7 Å². The quantitative estimate of drug-likeness (QED) is 0.335. The molecule has 40 heavy (non-hydrogen) atoms. The predicted octanol–water partition coefficient (Wildman–Crippen LogP) is 5.27. The van der Waals surface area contributed by atoms with Gasteiger partial charge in [0.1, 0.15) is 12.4 Å². The number of benzene rings is 3. The average molecular weight is 555 g/mol. The number of fused-ring (bicyclic) bond motifs is 2. The molecule has 0 saturated heterocycles. The van der Waals surface area contributed by atoms with E-state index in [9.17, 15) is 9.59 Å². The highest BCUT2D eigenvalue weighted by Gasteiger charge is 2.38. The fourth-order valence-electron chi connectivity index (χ4n) is 5.00. The van der Waals surface area contributed by atoms with E-state index in [1.807, 2.05) is 91.3 Å². The van der Waals surface area contributed by atoms with Crippen LogP contribution in [0.5, 0.6) is 11.5 Å². The standard InChI is InChI=1S/C31H30N4O4S/c1-3-15-32-26(36)17-34-27(37)18-40-30(22-11-14-24-25(16-22)39-19-38-24)28-29(21-7-5-4-6-8-21)33-35(31(28)34)23-12-9-20(2)10-13-23/h4-14,16,30H,3,15,17-19H2,1-2H3,(H,32,36)/t30-/m0/s1. The van der Waals surface area contributed by atoms with Gasteiger partial charge in [0.05, 0.1) is 22.4 Å². The van der Waals surface area contributed by atoms with Gasteiger partial charge in [-0.3, -0.25) is 14.5 Å². The Balaban J connectivity index is 1.59. The van der Waals surface area contributed by atoms with E-state index in [-0.39, 0.29) is 36.2 Å². The molecule has 3 heterocycles. The van der Waals surface area contributed by atoms with Crippen LogP contribution >= 0.6 is 11.8 Å². The Morgan fingerprint density at radius 1 is 1.05 bits per heavy atom. The van der Waals surface area contributed by atoms with Gasteiger partial charge in [-0.25, -0.2) is 4.68 Å². The van der Waals surface area contributed by atoms with E-state index >= 15 is 0 Å². The Kier molecular flexibility index (Phi) is 7.21. The van der Waals surface area contributed by atoms with E-state index in [4.69, 9.17) is 14.6 Å². The number of carbonyl (C=O) groups is 2. The molecule has 2 aliphatic rings. The number of amides is 2. The number of rotatable bonds is 7. The van der Waals surface area contributed by atoms with Crippen LogP contribution in [0.3, 0.4) is 0 Å². The Labute approximate surface area is 237 Å². The predicted molar refractivity (Wildman–Crippen MR) is 156 cm³/mol. The van der Waals surface area contributed by atoms with E-state index in [1.165, 1.54) is 11.8 Å². The van der Waals surface area contributed by atoms with Gasteiger partial charge in [-0.05, 0) is 43.2 Å². The summed E-state index contributed by atoms with van der Waals surface area (Å²) in [6.07, 6.45) is 0.812. The number of ether oxygens (including phenoxy) is 2. The summed E-state index contributed by atoms with van der Waals surface area (Å²) >= 11 is 1.53. The van der Waals surface area contributed by atoms with Gasteiger partial charge < -0.3 is 14.8 Å². The number of hydrogen-bond donors (Lipinski definition) is 1. The number of nitrogens with one attached hydrogen (secondary N) is 1. The Morgan fingerprint density at radius 3 is 2.60 bits per heavy atom. The minimum absolute atomic E-state index is 0.0912. The third kappa shape index (κ3) is 4.93. The van der Waals surface area contributed by atoms with Gasteiger partial charge in [-0.1, -0.05) is 61.0 Å². The molecule has 0 fully saturated rings. The molecule has 1 aromatic heterocycles.